The SMILES string of the molecule is COc1cccc(Nc2nnc(SC(C)C(=O)Nc3ccccc3F)s2)c1. The zero-order valence-corrected chi connectivity index (χ0v) is 16.2. The lowest BCUT2D eigenvalue weighted by Crippen LogP contribution is -2.22. The molecule has 1 atom stereocenters. The molecule has 1 unspecified atom stereocenters. The number of halogens is 1. The number of aromatic nitrogens is 2. The van der Waals surface area contributed by atoms with Crippen molar-refractivity contribution < 1.29 is 13.9 Å². The summed E-state index contributed by atoms with van der Waals surface area (Å²) in [7, 11) is 1.60. The minimum atomic E-state index is -0.469. The van der Waals surface area contributed by atoms with Gasteiger partial charge in [0.05, 0.1) is 18.0 Å². The smallest absolute Gasteiger partial charge is 0.237 e. The van der Waals surface area contributed by atoms with E-state index in [0.29, 0.717) is 9.47 Å². The number of ether oxygens (including phenoxy) is 1. The summed E-state index contributed by atoms with van der Waals surface area (Å²) in [6.07, 6.45) is 0. The fourth-order valence-corrected chi connectivity index (χ4v) is 4.05. The molecule has 2 N–H and O–H groups in total. The molecule has 140 valence electrons. The van der Waals surface area contributed by atoms with Crippen molar-refractivity contribution in [1.82, 2.24) is 10.2 Å². The first-order valence-electron chi connectivity index (χ1n) is 8.02. The van der Waals surface area contributed by atoms with Crippen molar-refractivity contribution in [1.29, 1.82) is 0 Å². The number of carbonyl (C=O) groups is 1. The van der Waals surface area contributed by atoms with E-state index in [1.165, 1.54) is 35.2 Å². The Morgan fingerprint density at radius 2 is 2.04 bits per heavy atom. The van der Waals surface area contributed by atoms with Crippen molar-refractivity contribution in [3.63, 3.8) is 0 Å². The number of hydrogen-bond acceptors (Lipinski definition) is 7. The Labute approximate surface area is 164 Å². The highest BCUT2D eigenvalue weighted by molar-refractivity contribution is 8.02. The van der Waals surface area contributed by atoms with Gasteiger partial charge in [0, 0.05) is 11.8 Å². The first-order chi connectivity index (χ1) is 13.0. The fourth-order valence-electron chi connectivity index (χ4n) is 2.13. The quantitative estimate of drug-likeness (QED) is 0.563. The van der Waals surface area contributed by atoms with Crippen LogP contribution < -0.4 is 15.4 Å². The van der Waals surface area contributed by atoms with Gasteiger partial charge >= 0.3 is 0 Å². The van der Waals surface area contributed by atoms with Crippen LogP contribution in [0.5, 0.6) is 5.75 Å². The number of thioether (sulfide) groups is 1. The molecule has 0 aliphatic rings. The molecule has 3 aromatic rings. The standard InChI is InChI=1S/C18H17FN4O2S2/c1-11(16(24)21-15-9-4-3-8-14(15)19)26-18-23-22-17(27-18)20-12-6-5-7-13(10-12)25-2/h3-11H,1-2H3,(H,20,22)(H,21,24). The van der Waals surface area contributed by atoms with Crippen molar-refractivity contribution in [2.75, 3.05) is 17.7 Å². The van der Waals surface area contributed by atoms with Gasteiger partial charge in [0.25, 0.3) is 0 Å². The molecule has 0 saturated carbocycles. The third-order valence-corrected chi connectivity index (χ3v) is 5.53. The van der Waals surface area contributed by atoms with E-state index >= 15 is 0 Å². The lowest BCUT2D eigenvalue weighted by atomic mass is 10.3. The normalized spacial score (nSPS) is 11.7. The molecule has 0 saturated heterocycles. The lowest BCUT2D eigenvalue weighted by molar-refractivity contribution is -0.115. The molecule has 0 aliphatic carbocycles. The summed E-state index contributed by atoms with van der Waals surface area (Å²) in [5.74, 6) is -0.0381. The van der Waals surface area contributed by atoms with Gasteiger partial charge in [-0.25, -0.2) is 4.39 Å². The fraction of sp³-hybridized carbons (Fsp3) is 0.167. The lowest BCUT2D eigenvalue weighted by Gasteiger charge is -2.10. The van der Waals surface area contributed by atoms with Crippen molar-refractivity contribution in [2.24, 2.45) is 0 Å². The Morgan fingerprint density at radius 1 is 1.22 bits per heavy atom. The largest absolute Gasteiger partial charge is 0.497 e. The maximum absolute atomic E-state index is 13.6. The van der Waals surface area contributed by atoms with Crippen molar-refractivity contribution >= 4 is 45.5 Å². The van der Waals surface area contributed by atoms with Crippen LogP contribution >= 0.6 is 23.1 Å². The molecule has 0 aliphatic heterocycles. The van der Waals surface area contributed by atoms with Crippen molar-refractivity contribution in [3.8, 4) is 5.75 Å². The molecule has 0 radical (unpaired) electrons. The third kappa shape index (κ3) is 5.18. The molecule has 1 heterocycles. The molecule has 1 amide bonds. The van der Waals surface area contributed by atoms with Crippen LogP contribution in [0.1, 0.15) is 6.92 Å². The van der Waals surface area contributed by atoms with Gasteiger partial charge in [-0.1, -0.05) is 41.3 Å². The monoisotopic (exact) mass is 404 g/mol. The Hall–Kier alpha value is -2.65. The number of methoxy groups -OCH3 is 1. The number of amides is 1. The van der Waals surface area contributed by atoms with Crippen LogP contribution in [0.4, 0.5) is 20.9 Å². The van der Waals surface area contributed by atoms with Crippen LogP contribution in [0, 0.1) is 5.82 Å². The number of nitrogens with zero attached hydrogens (tertiary/aromatic N) is 2. The van der Waals surface area contributed by atoms with Crippen LogP contribution in [0.3, 0.4) is 0 Å². The van der Waals surface area contributed by atoms with E-state index in [2.05, 4.69) is 20.8 Å². The minimum absolute atomic E-state index is 0.160. The van der Waals surface area contributed by atoms with E-state index < -0.39 is 11.1 Å². The first-order valence-corrected chi connectivity index (χ1v) is 9.71. The molecule has 3 rings (SSSR count). The first kappa shape index (κ1) is 19.1. The predicted octanol–water partition coefficient (Wildman–Crippen LogP) is 4.55. The molecule has 0 spiro atoms. The summed E-state index contributed by atoms with van der Waals surface area (Å²) >= 11 is 2.59. The highest BCUT2D eigenvalue weighted by Crippen LogP contribution is 2.31. The van der Waals surface area contributed by atoms with Crippen LogP contribution in [-0.2, 0) is 4.79 Å². The molecule has 2 aromatic carbocycles. The van der Waals surface area contributed by atoms with E-state index in [1.807, 2.05) is 24.3 Å². The number of benzene rings is 2. The van der Waals surface area contributed by atoms with Crippen LogP contribution in [0.2, 0.25) is 0 Å². The number of hydrogen-bond donors (Lipinski definition) is 2. The molecule has 9 heteroatoms. The summed E-state index contributed by atoms with van der Waals surface area (Å²) < 4.78 is 19.5. The van der Waals surface area contributed by atoms with Crippen LogP contribution in [0.25, 0.3) is 0 Å². The Bertz CT molecular complexity index is 935. The van der Waals surface area contributed by atoms with E-state index in [-0.39, 0.29) is 11.6 Å². The van der Waals surface area contributed by atoms with Crippen molar-refractivity contribution in [3.05, 3.63) is 54.3 Å². The zero-order chi connectivity index (χ0) is 19.2. The molecule has 0 fully saturated rings. The Morgan fingerprint density at radius 3 is 2.81 bits per heavy atom. The number of carbonyl (C=O) groups excluding carboxylic acids is 1. The van der Waals surface area contributed by atoms with Gasteiger partial charge in [-0.05, 0) is 31.2 Å². The van der Waals surface area contributed by atoms with Gasteiger partial charge < -0.3 is 15.4 Å². The maximum Gasteiger partial charge on any atom is 0.237 e. The van der Waals surface area contributed by atoms with Gasteiger partial charge in [0.15, 0.2) is 4.34 Å². The van der Waals surface area contributed by atoms with Gasteiger partial charge in [-0.3, -0.25) is 4.79 Å². The van der Waals surface area contributed by atoms with E-state index in [4.69, 9.17) is 4.74 Å². The number of rotatable bonds is 7. The second-order valence-electron chi connectivity index (χ2n) is 5.46. The average molecular weight is 404 g/mol. The molecule has 1 aromatic heterocycles. The molecule has 0 bridgehead atoms. The number of nitrogens with one attached hydrogen (secondary N) is 2. The number of para-hydroxylation sites is 1. The summed E-state index contributed by atoms with van der Waals surface area (Å²) in [4.78, 5) is 12.3. The van der Waals surface area contributed by atoms with E-state index in [0.717, 1.165) is 11.4 Å². The highest BCUT2D eigenvalue weighted by Gasteiger charge is 2.18. The van der Waals surface area contributed by atoms with Gasteiger partial charge in [-0.15, -0.1) is 10.2 Å². The summed E-state index contributed by atoms with van der Waals surface area (Å²) in [6.45, 7) is 1.73. The topological polar surface area (TPSA) is 76.1 Å². The van der Waals surface area contributed by atoms with Crippen LogP contribution in [0.15, 0.2) is 52.9 Å². The summed E-state index contributed by atoms with van der Waals surface area (Å²) in [5, 5.41) is 14.0. The van der Waals surface area contributed by atoms with E-state index in [1.54, 1.807) is 26.2 Å². The summed E-state index contributed by atoms with van der Waals surface area (Å²) in [5.41, 5.74) is 0.986. The van der Waals surface area contributed by atoms with Gasteiger partial charge in [-0.2, -0.15) is 0 Å². The summed E-state index contributed by atoms with van der Waals surface area (Å²) in [6, 6.07) is 13.5. The predicted molar refractivity (Wildman–Crippen MR) is 107 cm³/mol. The highest BCUT2D eigenvalue weighted by atomic mass is 32.2. The second-order valence-corrected chi connectivity index (χ2v) is 8.02. The second kappa shape index (κ2) is 8.83. The number of anilines is 3. The van der Waals surface area contributed by atoms with E-state index in [9.17, 15) is 9.18 Å². The molecular weight excluding hydrogens is 387 g/mol. The average Bonchev–Trinajstić information content (AvgIpc) is 3.10. The van der Waals surface area contributed by atoms with Gasteiger partial charge in [0.2, 0.25) is 11.0 Å². The molecule has 6 nitrogen and oxygen atoms in total. The zero-order valence-electron chi connectivity index (χ0n) is 14.6. The van der Waals surface area contributed by atoms with Gasteiger partial charge in [0.1, 0.15) is 11.6 Å². The molecule has 27 heavy (non-hydrogen) atoms. The molecular formula is C18H17FN4O2S2. The minimum Gasteiger partial charge on any atom is -0.497 e. The Balaban J connectivity index is 1.59. The third-order valence-electron chi connectivity index (χ3n) is 3.51. The Kier molecular flexibility index (Phi) is 6.25. The van der Waals surface area contributed by atoms with Crippen LogP contribution in [-0.4, -0.2) is 28.5 Å². The maximum atomic E-state index is 13.6. The van der Waals surface area contributed by atoms with Crippen molar-refractivity contribution in [2.45, 2.75) is 16.5 Å².